The Morgan fingerprint density at radius 2 is 2.44 bits per heavy atom. The number of aromatic nitrogens is 2. The Balaban J connectivity index is 2.09. The van der Waals surface area contributed by atoms with E-state index in [9.17, 15) is 4.79 Å². The molecule has 0 spiro atoms. The van der Waals surface area contributed by atoms with Gasteiger partial charge in [0.1, 0.15) is 0 Å². The first-order valence-electron chi connectivity index (χ1n) is 5.63. The number of hydrogen-bond donors (Lipinski definition) is 0. The van der Waals surface area contributed by atoms with Gasteiger partial charge < -0.3 is 4.90 Å². The lowest BCUT2D eigenvalue weighted by molar-refractivity contribution is -0.117. The first-order valence-corrected chi connectivity index (χ1v) is 6.75. The Labute approximate surface area is 104 Å². The molecule has 1 atom stereocenters. The zero-order chi connectivity index (χ0) is 11.5. The standard InChI is InChI=1S/C11H16BrN3O/c1-2-3-14-8-10(6-13-14)15-7-9(5-12)4-11(15)16/h6,8-9H,2-5,7H2,1H3. The van der Waals surface area contributed by atoms with Crippen LogP contribution < -0.4 is 4.90 Å². The highest BCUT2D eigenvalue weighted by Crippen LogP contribution is 2.25. The Morgan fingerprint density at radius 1 is 1.62 bits per heavy atom. The van der Waals surface area contributed by atoms with Crippen molar-refractivity contribution >= 4 is 27.5 Å². The molecular weight excluding hydrogens is 270 g/mol. The molecule has 88 valence electrons. The summed E-state index contributed by atoms with van der Waals surface area (Å²) in [6.07, 6.45) is 5.44. The summed E-state index contributed by atoms with van der Waals surface area (Å²) in [5.41, 5.74) is 0.932. The average molecular weight is 286 g/mol. The molecule has 1 unspecified atom stereocenters. The number of carbonyl (C=O) groups is 1. The van der Waals surface area contributed by atoms with Gasteiger partial charge >= 0.3 is 0 Å². The molecule has 1 saturated heterocycles. The molecule has 1 aliphatic rings. The topological polar surface area (TPSA) is 38.1 Å². The van der Waals surface area contributed by atoms with Crippen LogP contribution in [0.5, 0.6) is 0 Å². The Kier molecular flexibility index (Phi) is 3.63. The fourth-order valence-electron chi connectivity index (χ4n) is 1.98. The molecule has 0 saturated carbocycles. The number of amides is 1. The van der Waals surface area contributed by atoms with Crippen molar-refractivity contribution in [2.24, 2.45) is 5.92 Å². The number of anilines is 1. The van der Waals surface area contributed by atoms with E-state index in [4.69, 9.17) is 0 Å². The molecule has 0 aromatic carbocycles. The Morgan fingerprint density at radius 3 is 3.06 bits per heavy atom. The number of hydrogen-bond acceptors (Lipinski definition) is 2. The predicted octanol–water partition coefficient (Wildman–Crippen LogP) is 2.04. The summed E-state index contributed by atoms with van der Waals surface area (Å²) in [6, 6.07) is 0. The molecule has 0 radical (unpaired) electrons. The number of rotatable bonds is 4. The first kappa shape index (κ1) is 11.6. The zero-order valence-electron chi connectivity index (χ0n) is 9.40. The van der Waals surface area contributed by atoms with Gasteiger partial charge in [0.15, 0.2) is 0 Å². The van der Waals surface area contributed by atoms with Gasteiger partial charge in [0.05, 0.1) is 11.9 Å². The van der Waals surface area contributed by atoms with Gasteiger partial charge in [0, 0.05) is 31.0 Å². The number of halogens is 1. The van der Waals surface area contributed by atoms with Crippen LogP contribution in [0, 0.1) is 5.92 Å². The summed E-state index contributed by atoms with van der Waals surface area (Å²) in [6.45, 7) is 3.83. The van der Waals surface area contributed by atoms with Crippen LogP contribution in [0.2, 0.25) is 0 Å². The minimum Gasteiger partial charge on any atom is -0.309 e. The third-order valence-corrected chi connectivity index (χ3v) is 3.72. The van der Waals surface area contributed by atoms with Gasteiger partial charge in [-0.2, -0.15) is 5.10 Å². The van der Waals surface area contributed by atoms with Gasteiger partial charge in [-0.1, -0.05) is 22.9 Å². The Bertz CT molecular complexity index is 377. The van der Waals surface area contributed by atoms with Gasteiger partial charge in [0.25, 0.3) is 0 Å². The van der Waals surface area contributed by atoms with Gasteiger partial charge in [-0.25, -0.2) is 0 Å². The molecule has 0 bridgehead atoms. The predicted molar refractivity (Wildman–Crippen MR) is 66.8 cm³/mol. The smallest absolute Gasteiger partial charge is 0.227 e. The molecule has 1 fully saturated rings. The number of nitrogens with zero attached hydrogens (tertiary/aromatic N) is 3. The number of carbonyl (C=O) groups excluding carboxylic acids is 1. The maximum Gasteiger partial charge on any atom is 0.227 e. The zero-order valence-corrected chi connectivity index (χ0v) is 11.0. The highest BCUT2D eigenvalue weighted by molar-refractivity contribution is 9.09. The van der Waals surface area contributed by atoms with Crippen molar-refractivity contribution < 1.29 is 4.79 Å². The van der Waals surface area contributed by atoms with E-state index in [2.05, 4.69) is 28.0 Å². The van der Waals surface area contributed by atoms with E-state index in [1.165, 1.54) is 0 Å². The van der Waals surface area contributed by atoms with Crippen molar-refractivity contribution in [3.05, 3.63) is 12.4 Å². The van der Waals surface area contributed by atoms with E-state index >= 15 is 0 Å². The quantitative estimate of drug-likeness (QED) is 0.794. The summed E-state index contributed by atoms with van der Waals surface area (Å²) in [4.78, 5) is 13.6. The van der Waals surface area contributed by atoms with E-state index in [1.54, 1.807) is 6.20 Å². The van der Waals surface area contributed by atoms with Gasteiger partial charge in [-0.05, 0) is 12.3 Å². The molecule has 4 nitrogen and oxygen atoms in total. The van der Waals surface area contributed by atoms with Gasteiger partial charge in [-0.3, -0.25) is 9.48 Å². The molecule has 1 amide bonds. The molecule has 0 aliphatic carbocycles. The summed E-state index contributed by atoms with van der Waals surface area (Å²) >= 11 is 3.43. The monoisotopic (exact) mass is 285 g/mol. The van der Waals surface area contributed by atoms with Gasteiger partial charge in [0.2, 0.25) is 5.91 Å². The molecule has 1 aliphatic heterocycles. The molecular formula is C11H16BrN3O. The second-order valence-corrected chi connectivity index (χ2v) is 4.84. The molecule has 1 aromatic rings. The first-order chi connectivity index (χ1) is 7.74. The highest BCUT2D eigenvalue weighted by Gasteiger charge is 2.30. The van der Waals surface area contributed by atoms with Crippen molar-refractivity contribution in [1.29, 1.82) is 0 Å². The molecule has 0 N–H and O–H groups in total. The van der Waals surface area contributed by atoms with Crippen LogP contribution in [0.4, 0.5) is 5.69 Å². The van der Waals surface area contributed by atoms with Crippen molar-refractivity contribution in [3.8, 4) is 0 Å². The summed E-state index contributed by atoms with van der Waals surface area (Å²) in [5, 5.41) is 5.13. The fourth-order valence-corrected chi connectivity index (χ4v) is 2.41. The lowest BCUT2D eigenvalue weighted by atomic mass is 10.2. The molecule has 2 heterocycles. The van der Waals surface area contributed by atoms with E-state index in [-0.39, 0.29) is 5.91 Å². The van der Waals surface area contributed by atoms with Crippen LogP contribution in [0.25, 0.3) is 0 Å². The summed E-state index contributed by atoms with van der Waals surface area (Å²) in [5.74, 6) is 0.641. The molecule has 1 aromatic heterocycles. The van der Waals surface area contributed by atoms with Crippen molar-refractivity contribution in [2.45, 2.75) is 26.3 Å². The molecule has 5 heteroatoms. The molecule has 16 heavy (non-hydrogen) atoms. The van der Waals surface area contributed by atoms with Crippen molar-refractivity contribution in [2.75, 3.05) is 16.8 Å². The largest absolute Gasteiger partial charge is 0.309 e. The fraction of sp³-hybridized carbons (Fsp3) is 0.636. The highest BCUT2D eigenvalue weighted by atomic mass is 79.9. The van der Waals surface area contributed by atoms with E-state index in [0.717, 1.165) is 30.5 Å². The van der Waals surface area contributed by atoms with Crippen LogP contribution in [0.3, 0.4) is 0 Å². The normalized spacial score (nSPS) is 20.8. The average Bonchev–Trinajstić information content (AvgIpc) is 2.85. The lowest BCUT2D eigenvalue weighted by Crippen LogP contribution is -2.24. The summed E-state index contributed by atoms with van der Waals surface area (Å²) < 4.78 is 1.89. The SMILES string of the molecule is CCCn1cc(N2CC(CBr)CC2=O)cn1. The van der Waals surface area contributed by atoms with E-state index < -0.39 is 0 Å². The van der Waals surface area contributed by atoms with Crippen LogP contribution in [0.15, 0.2) is 12.4 Å². The minimum atomic E-state index is 0.209. The van der Waals surface area contributed by atoms with E-state index in [1.807, 2.05) is 15.8 Å². The van der Waals surface area contributed by atoms with Crippen LogP contribution in [-0.4, -0.2) is 27.6 Å². The summed E-state index contributed by atoms with van der Waals surface area (Å²) in [7, 11) is 0. The van der Waals surface area contributed by atoms with E-state index in [0.29, 0.717) is 12.3 Å². The van der Waals surface area contributed by atoms with Crippen LogP contribution >= 0.6 is 15.9 Å². The second-order valence-electron chi connectivity index (χ2n) is 4.19. The maximum atomic E-state index is 11.8. The van der Waals surface area contributed by atoms with Crippen LogP contribution in [-0.2, 0) is 11.3 Å². The van der Waals surface area contributed by atoms with Crippen molar-refractivity contribution in [3.63, 3.8) is 0 Å². The maximum absolute atomic E-state index is 11.8. The number of aryl methyl sites for hydroxylation is 1. The lowest BCUT2D eigenvalue weighted by Gasteiger charge is -2.13. The second kappa shape index (κ2) is 4.99. The molecule has 2 rings (SSSR count). The number of alkyl halides is 1. The van der Waals surface area contributed by atoms with Crippen LogP contribution in [0.1, 0.15) is 19.8 Å². The van der Waals surface area contributed by atoms with Gasteiger partial charge in [-0.15, -0.1) is 0 Å². The Hall–Kier alpha value is -0.840. The van der Waals surface area contributed by atoms with Crippen molar-refractivity contribution in [1.82, 2.24) is 9.78 Å². The third-order valence-electron chi connectivity index (χ3n) is 2.81. The minimum absolute atomic E-state index is 0.209. The third kappa shape index (κ3) is 2.29.